The molecule has 0 atom stereocenters. The molecular weight excluding hydrogens is 173 g/mol. The minimum Gasteiger partial charge on any atom is -0.459 e. The topological polar surface area (TPSA) is 33.4 Å². The van der Waals surface area contributed by atoms with Gasteiger partial charge in [0.15, 0.2) is 0 Å². The molecule has 68 valence electrons. The molecule has 0 aromatic carbocycles. The largest absolute Gasteiger partial charge is 0.459 e. The van der Waals surface area contributed by atoms with Gasteiger partial charge in [-0.3, -0.25) is 0 Å². The Kier molecular flexibility index (Phi) is 2.42. The Labute approximate surface area is 66.6 Å². The highest BCUT2D eigenvalue weighted by atomic mass is 19.4. The van der Waals surface area contributed by atoms with Gasteiger partial charge in [-0.25, -0.2) is 0 Å². The molecule has 1 rings (SSSR count). The van der Waals surface area contributed by atoms with E-state index in [1.165, 1.54) is 6.07 Å². The Balaban J connectivity index is 2.91. The molecule has 1 aromatic rings. The monoisotopic (exact) mass is 180 g/mol. The molecule has 2 nitrogen and oxygen atoms in total. The van der Waals surface area contributed by atoms with E-state index in [2.05, 4.69) is 4.42 Å². The Morgan fingerprint density at radius 2 is 2.08 bits per heavy atom. The normalized spacial score (nSPS) is 12.0. The van der Waals surface area contributed by atoms with Crippen molar-refractivity contribution in [2.75, 3.05) is 6.61 Å². The summed E-state index contributed by atoms with van der Waals surface area (Å²) in [6.07, 6.45) is -3.53. The number of aliphatic hydroxyl groups excluding tert-OH is 1. The smallest absolute Gasteiger partial charge is 0.449 e. The van der Waals surface area contributed by atoms with Crippen molar-refractivity contribution in [2.24, 2.45) is 0 Å². The fraction of sp³-hybridized carbons (Fsp3) is 0.429. The van der Waals surface area contributed by atoms with Crippen LogP contribution >= 0.6 is 0 Å². The van der Waals surface area contributed by atoms with Crippen molar-refractivity contribution in [3.8, 4) is 0 Å². The van der Waals surface area contributed by atoms with Crippen LogP contribution in [0.5, 0.6) is 0 Å². The summed E-state index contributed by atoms with van der Waals surface area (Å²) in [5.41, 5.74) is -0.00926. The summed E-state index contributed by atoms with van der Waals surface area (Å²) in [6.45, 7) is -0.317. The second-order valence-electron chi connectivity index (χ2n) is 2.25. The van der Waals surface area contributed by atoms with Gasteiger partial charge in [-0.15, -0.1) is 0 Å². The highest BCUT2D eigenvalue weighted by Gasteiger charge is 2.36. The van der Waals surface area contributed by atoms with E-state index in [4.69, 9.17) is 5.11 Å². The highest BCUT2D eigenvalue weighted by molar-refractivity contribution is 5.19. The van der Waals surface area contributed by atoms with Gasteiger partial charge >= 0.3 is 6.18 Å². The number of furan rings is 1. The minimum atomic E-state index is -4.46. The molecule has 1 N–H and O–H groups in total. The first-order valence-corrected chi connectivity index (χ1v) is 3.30. The van der Waals surface area contributed by atoms with Gasteiger partial charge in [-0.2, -0.15) is 13.2 Å². The molecule has 1 heterocycles. The lowest BCUT2D eigenvalue weighted by Crippen LogP contribution is -2.07. The predicted molar refractivity (Wildman–Crippen MR) is 34.5 cm³/mol. The minimum absolute atomic E-state index is 0.00926. The Hall–Kier alpha value is -0.970. The molecule has 0 spiro atoms. The van der Waals surface area contributed by atoms with Crippen LogP contribution in [0.15, 0.2) is 16.7 Å². The number of rotatable bonds is 2. The molecule has 0 amide bonds. The molecule has 1 aromatic heterocycles. The van der Waals surface area contributed by atoms with Crippen LogP contribution in [0.25, 0.3) is 0 Å². The quantitative estimate of drug-likeness (QED) is 0.753. The lowest BCUT2D eigenvalue weighted by Gasteiger charge is -2.04. The summed E-state index contributed by atoms with van der Waals surface area (Å²) in [4.78, 5) is 0. The van der Waals surface area contributed by atoms with Crippen LogP contribution < -0.4 is 0 Å². The maximum Gasteiger partial charge on any atom is 0.449 e. The van der Waals surface area contributed by atoms with Crippen molar-refractivity contribution in [3.05, 3.63) is 23.7 Å². The van der Waals surface area contributed by atoms with Gasteiger partial charge in [-0.05, 0) is 12.5 Å². The molecule has 0 unspecified atom stereocenters. The van der Waals surface area contributed by atoms with Gasteiger partial charge in [0.05, 0.1) is 6.26 Å². The number of halogens is 3. The SMILES string of the molecule is OCCc1ccoc1C(F)(F)F. The summed E-state index contributed by atoms with van der Waals surface area (Å²) in [5.74, 6) is -1.02. The third kappa shape index (κ3) is 1.79. The van der Waals surface area contributed by atoms with Gasteiger partial charge in [-0.1, -0.05) is 0 Å². The summed E-state index contributed by atoms with van der Waals surface area (Å²) in [5, 5.41) is 8.42. The van der Waals surface area contributed by atoms with Gasteiger partial charge in [0, 0.05) is 12.2 Å². The van der Waals surface area contributed by atoms with Gasteiger partial charge in [0.2, 0.25) is 5.76 Å². The lowest BCUT2D eigenvalue weighted by atomic mass is 10.2. The average molecular weight is 180 g/mol. The fourth-order valence-electron chi connectivity index (χ4n) is 0.902. The zero-order valence-corrected chi connectivity index (χ0v) is 6.06. The van der Waals surface area contributed by atoms with Crippen molar-refractivity contribution in [1.82, 2.24) is 0 Å². The molecule has 0 saturated carbocycles. The molecule has 0 aliphatic heterocycles. The maximum atomic E-state index is 12.0. The zero-order chi connectivity index (χ0) is 9.19. The highest BCUT2D eigenvalue weighted by Crippen LogP contribution is 2.32. The summed E-state index contributed by atoms with van der Waals surface area (Å²) >= 11 is 0. The molecular formula is C7H7F3O2. The van der Waals surface area contributed by atoms with E-state index < -0.39 is 11.9 Å². The molecule has 0 aliphatic rings. The average Bonchev–Trinajstić information content (AvgIpc) is 2.34. The third-order valence-electron chi connectivity index (χ3n) is 1.39. The van der Waals surface area contributed by atoms with E-state index in [0.717, 1.165) is 6.26 Å². The molecule has 0 fully saturated rings. The standard InChI is InChI=1S/C7H7F3O2/c8-7(9,10)6-5(1-3-11)2-4-12-6/h2,4,11H,1,3H2. The van der Waals surface area contributed by atoms with E-state index >= 15 is 0 Å². The van der Waals surface area contributed by atoms with Crippen LogP contribution in [0.3, 0.4) is 0 Å². The first-order chi connectivity index (χ1) is 5.55. The first kappa shape index (κ1) is 9.12. The summed E-state index contributed by atoms with van der Waals surface area (Å²) in [6, 6.07) is 1.21. The van der Waals surface area contributed by atoms with E-state index in [1.54, 1.807) is 0 Å². The Morgan fingerprint density at radius 1 is 1.42 bits per heavy atom. The van der Waals surface area contributed by atoms with Crippen LogP contribution in [0.4, 0.5) is 13.2 Å². The second kappa shape index (κ2) is 3.18. The number of aliphatic hydroxyl groups is 1. The molecule has 0 aliphatic carbocycles. The lowest BCUT2D eigenvalue weighted by molar-refractivity contribution is -0.153. The van der Waals surface area contributed by atoms with Gasteiger partial charge < -0.3 is 9.52 Å². The van der Waals surface area contributed by atoms with E-state index in [0.29, 0.717) is 0 Å². The molecule has 5 heteroatoms. The fourth-order valence-corrected chi connectivity index (χ4v) is 0.902. The Bertz CT molecular complexity index is 251. The number of hydrogen-bond acceptors (Lipinski definition) is 2. The van der Waals surface area contributed by atoms with Crippen LogP contribution in [-0.2, 0) is 12.6 Å². The second-order valence-corrected chi connectivity index (χ2v) is 2.25. The first-order valence-electron chi connectivity index (χ1n) is 3.30. The van der Waals surface area contributed by atoms with Crippen molar-refractivity contribution < 1.29 is 22.7 Å². The van der Waals surface area contributed by atoms with Gasteiger partial charge in [0.1, 0.15) is 0 Å². The van der Waals surface area contributed by atoms with Crippen molar-refractivity contribution in [3.63, 3.8) is 0 Å². The number of hydrogen-bond donors (Lipinski definition) is 1. The van der Waals surface area contributed by atoms with Crippen LogP contribution in [0.2, 0.25) is 0 Å². The van der Waals surface area contributed by atoms with Crippen molar-refractivity contribution in [1.29, 1.82) is 0 Å². The van der Waals surface area contributed by atoms with Gasteiger partial charge in [0.25, 0.3) is 0 Å². The zero-order valence-electron chi connectivity index (χ0n) is 6.06. The third-order valence-corrected chi connectivity index (χ3v) is 1.39. The van der Waals surface area contributed by atoms with Crippen LogP contribution in [0.1, 0.15) is 11.3 Å². The van der Waals surface area contributed by atoms with E-state index in [-0.39, 0.29) is 18.6 Å². The molecule has 0 bridgehead atoms. The molecule has 12 heavy (non-hydrogen) atoms. The summed E-state index contributed by atoms with van der Waals surface area (Å²) in [7, 11) is 0. The van der Waals surface area contributed by atoms with E-state index in [9.17, 15) is 13.2 Å². The van der Waals surface area contributed by atoms with Crippen LogP contribution in [-0.4, -0.2) is 11.7 Å². The Morgan fingerprint density at radius 3 is 2.58 bits per heavy atom. The maximum absolute atomic E-state index is 12.0. The molecule has 0 radical (unpaired) electrons. The van der Waals surface area contributed by atoms with E-state index in [1.807, 2.05) is 0 Å². The molecule has 0 saturated heterocycles. The van der Waals surface area contributed by atoms with Crippen molar-refractivity contribution >= 4 is 0 Å². The van der Waals surface area contributed by atoms with Crippen molar-refractivity contribution in [2.45, 2.75) is 12.6 Å². The summed E-state index contributed by atoms with van der Waals surface area (Å²) < 4.78 is 40.3. The van der Waals surface area contributed by atoms with Crippen LogP contribution in [0, 0.1) is 0 Å². The predicted octanol–water partition coefficient (Wildman–Crippen LogP) is 1.83. The number of alkyl halides is 3.